The van der Waals surface area contributed by atoms with Crippen LogP contribution in [0.4, 0.5) is 0 Å². The van der Waals surface area contributed by atoms with E-state index in [9.17, 15) is 0 Å². The summed E-state index contributed by atoms with van der Waals surface area (Å²) in [5.41, 5.74) is 57.0. The molecular formula is C131H153N10+5. The minimum atomic E-state index is 0.406. The molecule has 18 aromatic rings. The minimum absolute atomic E-state index is 0.406. The highest BCUT2D eigenvalue weighted by atomic mass is 15.1. The maximum atomic E-state index is 2.47. The van der Waals surface area contributed by atoms with E-state index in [1.54, 1.807) is 0 Å². The Labute approximate surface area is 844 Å². The van der Waals surface area contributed by atoms with Gasteiger partial charge >= 0.3 is 0 Å². The minimum Gasteiger partial charge on any atom is -0.311 e. The fourth-order valence-electron chi connectivity index (χ4n) is 20.7. The van der Waals surface area contributed by atoms with Crippen LogP contribution in [-0.2, 0) is 35.2 Å². The summed E-state index contributed by atoms with van der Waals surface area (Å²) in [6.07, 6.45) is 22.5. The Hall–Kier alpha value is -14.1. The molecule has 10 heteroatoms. The monoisotopic (exact) mass is 1870 g/mol. The molecule has 10 nitrogen and oxygen atoms in total. The summed E-state index contributed by atoms with van der Waals surface area (Å²) in [6, 6.07) is 85.9. The van der Waals surface area contributed by atoms with Crippen molar-refractivity contribution in [3.8, 4) is 119 Å². The molecule has 0 aliphatic heterocycles. The zero-order valence-corrected chi connectivity index (χ0v) is 90.6. The Bertz CT molecular complexity index is 7430. The van der Waals surface area contributed by atoms with Crippen molar-refractivity contribution in [3.05, 3.63) is 427 Å². The van der Waals surface area contributed by atoms with Gasteiger partial charge in [-0.05, 0) is 320 Å². The van der Waals surface area contributed by atoms with E-state index in [-0.39, 0.29) is 0 Å². The van der Waals surface area contributed by atoms with Crippen LogP contribution in [0.5, 0.6) is 0 Å². The third kappa shape index (κ3) is 21.8. The van der Waals surface area contributed by atoms with Gasteiger partial charge in [0.25, 0.3) is 0 Å². The number of aryl methyl sites for hydroxylation is 18. The quantitative estimate of drug-likeness (QED) is 0.0769. The lowest BCUT2D eigenvalue weighted by Crippen LogP contribution is -2.31. The zero-order chi connectivity index (χ0) is 102. The summed E-state index contributed by atoms with van der Waals surface area (Å²) in [6.45, 7) is 62.4. The van der Waals surface area contributed by atoms with E-state index in [0.717, 1.165) is 0 Å². The largest absolute Gasteiger partial charge is 0.311 e. The molecule has 8 aromatic carbocycles. The van der Waals surface area contributed by atoms with E-state index >= 15 is 0 Å². The molecule has 0 spiro atoms. The number of nitrogens with zero attached hydrogens (tertiary/aromatic N) is 10. The number of para-hydroxylation sites is 3. The number of hydrogen-bond acceptors (Lipinski definition) is 0. The van der Waals surface area contributed by atoms with Crippen LogP contribution in [0.25, 0.3) is 119 Å². The lowest BCUT2D eigenvalue weighted by molar-refractivity contribution is -0.661. The molecule has 10 aromatic heterocycles. The summed E-state index contributed by atoms with van der Waals surface area (Å²) >= 11 is 0. The molecule has 0 unspecified atom stereocenters. The van der Waals surface area contributed by atoms with Crippen LogP contribution in [-0.4, -0.2) is 22.8 Å². The van der Waals surface area contributed by atoms with Gasteiger partial charge in [0.05, 0.1) is 22.7 Å². The molecule has 722 valence electrons. The second-order valence-corrected chi connectivity index (χ2v) is 41.5. The maximum Gasteiger partial charge on any atom is 0.229 e. The van der Waals surface area contributed by atoms with Crippen molar-refractivity contribution < 1.29 is 22.8 Å². The lowest BCUT2D eigenvalue weighted by Gasteiger charge is -2.24. The molecule has 0 aliphatic carbocycles. The number of aromatic nitrogens is 10. The highest BCUT2D eigenvalue weighted by Crippen LogP contribution is 2.45. The summed E-state index contributed by atoms with van der Waals surface area (Å²) in [7, 11) is 10.7. The first-order valence-electron chi connectivity index (χ1n) is 50.7. The maximum absolute atomic E-state index is 2.47. The first kappa shape index (κ1) is 103. The van der Waals surface area contributed by atoms with Gasteiger partial charge in [-0.25, -0.2) is 0 Å². The van der Waals surface area contributed by atoms with Crippen LogP contribution < -0.4 is 22.8 Å². The van der Waals surface area contributed by atoms with E-state index in [1.165, 1.54) is 247 Å². The van der Waals surface area contributed by atoms with Gasteiger partial charge in [0.2, 0.25) is 28.5 Å². The third-order valence-electron chi connectivity index (χ3n) is 28.7. The Morgan fingerprint density at radius 2 is 0.440 bits per heavy atom. The standard InChI is InChI=1S/C31H29N2.C31H37N2.C25H33N2.2C22H27N2/c1-22-18-19-29(32(4)20-22)30-24(3)23(2)21-33(30)31-27(25-12-7-5-8-13-25)16-11-17-28(31)26-14-9-6-10-15-26;1-20(2)27-16-26(25-12-10-9-11-13-25)17-28(21(3)4)31(27)33-19-23(6)24(7)30(33)29-15-14-22(5)18-32(29)8;1-16(2)21-10-9-11-22(17(3)4)25(21)27-15-19(6)20(7)24(27)23-13-12-18(5)14-26(23)8;1-14-8-9-20(23(7)12-14)22-19(6)18(5)13-24(22)21-16(3)10-15(2)11-17(21)4;1-15(2)19-9-7-8-10-20(19)24-14-17(4)18(5)22(24)21-12-11-16(3)13-23(21)6/h5-21H,1-4H3;9-21H,1-8H3;9-17H,1-8H3;8-13H,1-7H3;7-15H,1-6H3/q5*+1. The van der Waals surface area contributed by atoms with E-state index in [1.807, 2.05) is 0 Å². The Balaban J connectivity index is 0.000000141. The first-order chi connectivity index (χ1) is 67.1. The predicted octanol–water partition coefficient (Wildman–Crippen LogP) is 31.0. The van der Waals surface area contributed by atoms with Crippen molar-refractivity contribution >= 4 is 0 Å². The van der Waals surface area contributed by atoms with Gasteiger partial charge in [0.1, 0.15) is 63.7 Å². The summed E-state index contributed by atoms with van der Waals surface area (Å²) in [4.78, 5) is 0. The van der Waals surface area contributed by atoms with Crippen LogP contribution in [0, 0.1) is 125 Å². The van der Waals surface area contributed by atoms with Crippen molar-refractivity contribution in [3.63, 3.8) is 0 Å². The van der Waals surface area contributed by atoms with E-state index in [0.29, 0.717) is 29.6 Å². The number of benzene rings is 8. The molecule has 0 aliphatic rings. The molecule has 0 saturated carbocycles. The topological polar surface area (TPSA) is 44.0 Å². The molecule has 0 N–H and O–H groups in total. The number of rotatable bonds is 18. The second-order valence-electron chi connectivity index (χ2n) is 41.5. The predicted molar refractivity (Wildman–Crippen MR) is 594 cm³/mol. The van der Waals surface area contributed by atoms with Crippen molar-refractivity contribution in [1.82, 2.24) is 22.8 Å². The van der Waals surface area contributed by atoms with E-state index in [4.69, 9.17) is 0 Å². The van der Waals surface area contributed by atoms with Gasteiger partial charge in [-0.3, -0.25) is 0 Å². The molecule has 18 rings (SSSR count). The smallest absolute Gasteiger partial charge is 0.229 e. The SMILES string of the molecule is Cc1cc(C)c(-n2cc(C)c(C)c2-c2ccc(C)c[n+]2C)c(C)c1.Cc1ccc(-c2c(C)c(C)cn2-c2c(-c3ccccc3)cccc2-c2ccccc2)[n+](C)c1.Cc1ccc(-c2c(C)c(C)cn2-c2c(C(C)C)cc(-c3ccccc3)cc2C(C)C)[n+](C)c1.Cc1ccc(-c2c(C)c(C)cn2-c2c(C(C)C)cccc2C(C)C)[n+](C)c1.Cc1ccc(-c2c(C)c(C)cn2-c2ccccc2C(C)C)[n+](C)c1. The van der Waals surface area contributed by atoms with Gasteiger partial charge in [0, 0.05) is 106 Å². The van der Waals surface area contributed by atoms with Crippen molar-refractivity contribution in [2.45, 2.75) is 223 Å². The normalized spacial score (nSPS) is 11.3. The average Bonchev–Trinajstić information content (AvgIpc) is 1.66. The third-order valence-corrected chi connectivity index (χ3v) is 28.7. The first-order valence-corrected chi connectivity index (χ1v) is 50.7. The Morgan fingerprint density at radius 1 is 0.191 bits per heavy atom. The zero-order valence-electron chi connectivity index (χ0n) is 90.6. The van der Waals surface area contributed by atoms with Crippen molar-refractivity contribution in [2.24, 2.45) is 35.2 Å². The van der Waals surface area contributed by atoms with Crippen molar-refractivity contribution in [1.29, 1.82) is 0 Å². The Kier molecular flexibility index (Phi) is 31.9. The van der Waals surface area contributed by atoms with Crippen LogP contribution in [0.15, 0.2) is 299 Å². The molecule has 10 heterocycles. The highest BCUT2D eigenvalue weighted by Gasteiger charge is 2.32. The molecule has 0 atom stereocenters. The van der Waals surface area contributed by atoms with E-state index in [2.05, 4.69) is 573 Å². The van der Waals surface area contributed by atoms with Gasteiger partial charge in [-0.15, -0.1) is 0 Å². The molecule has 0 saturated heterocycles. The molecule has 0 amide bonds. The molecule has 141 heavy (non-hydrogen) atoms. The fourth-order valence-corrected chi connectivity index (χ4v) is 20.7. The summed E-state index contributed by atoms with van der Waals surface area (Å²) in [5, 5.41) is 0. The Morgan fingerprint density at radius 3 is 0.745 bits per heavy atom. The lowest BCUT2D eigenvalue weighted by atomic mass is 9.88. The summed E-state index contributed by atoms with van der Waals surface area (Å²) < 4.78 is 23.3. The fraction of sp³-hybridized carbons (Fsp3) is 0.290. The molecule has 0 radical (unpaired) electrons. The molecular weight excluding hydrogens is 1710 g/mol. The van der Waals surface area contributed by atoms with Gasteiger partial charge < -0.3 is 22.8 Å². The number of pyridine rings is 5. The van der Waals surface area contributed by atoms with Crippen LogP contribution in [0.1, 0.15) is 227 Å². The van der Waals surface area contributed by atoms with Crippen LogP contribution in [0.2, 0.25) is 0 Å². The van der Waals surface area contributed by atoms with Crippen LogP contribution in [0.3, 0.4) is 0 Å². The summed E-state index contributed by atoms with van der Waals surface area (Å²) in [5.74, 6) is 2.25. The van der Waals surface area contributed by atoms with Crippen molar-refractivity contribution in [2.75, 3.05) is 0 Å². The van der Waals surface area contributed by atoms with Gasteiger partial charge in [-0.1, -0.05) is 233 Å². The van der Waals surface area contributed by atoms with Gasteiger partial charge in [0.15, 0.2) is 31.0 Å². The molecule has 0 fully saturated rings. The van der Waals surface area contributed by atoms with E-state index < -0.39 is 0 Å². The average molecular weight is 1870 g/mol. The van der Waals surface area contributed by atoms with Crippen LogP contribution >= 0.6 is 0 Å². The highest BCUT2D eigenvalue weighted by molar-refractivity contribution is 5.88. The van der Waals surface area contributed by atoms with Gasteiger partial charge in [-0.2, -0.15) is 22.8 Å². The second kappa shape index (κ2) is 43.7. The number of hydrogen-bond donors (Lipinski definition) is 0. The molecule has 0 bridgehead atoms.